The Morgan fingerprint density at radius 3 is 2.59 bits per heavy atom. The molecule has 0 radical (unpaired) electrons. The van der Waals surface area contributed by atoms with Crippen molar-refractivity contribution in [2.75, 3.05) is 5.32 Å². The van der Waals surface area contributed by atoms with Crippen LogP contribution in [0.1, 0.15) is 21.5 Å². The van der Waals surface area contributed by atoms with E-state index in [4.69, 9.17) is 0 Å². The van der Waals surface area contributed by atoms with Gasteiger partial charge in [0.25, 0.3) is 5.69 Å². The number of aromatic nitrogens is 2. The zero-order valence-corrected chi connectivity index (χ0v) is 18.2. The van der Waals surface area contributed by atoms with Crippen molar-refractivity contribution in [3.05, 3.63) is 93.0 Å². The van der Waals surface area contributed by atoms with Gasteiger partial charge in [-0.15, -0.1) is 11.3 Å². The van der Waals surface area contributed by atoms with Gasteiger partial charge in [-0.25, -0.2) is 9.78 Å². The molecule has 3 aromatic carbocycles. The van der Waals surface area contributed by atoms with E-state index in [1.165, 1.54) is 41.7 Å². The fourth-order valence-electron chi connectivity index (χ4n) is 3.98. The van der Waals surface area contributed by atoms with Crippen LogP contribution in [0.25, 0.3) is 27.5 Å². The molecule has 5 rings (SSSR count). The number of nitriles is 1. The summed E-state index contributed by atoms with van der Waals surface area (Å²) in [6.07, 6.45) is 1.71. The number of aromatic carboxylic acids is 1. The number of nitro groups is 1. The Kier molecular flexibility index (Phi) is 5.16. The van der Waals surface area contributed by atoms with Gasteiger partial charge < -0.3 is 15.0 Å². The van der Waals surface area contributed by atoms with Crippen LogP contribution in [0, 0.1) is 21.4 Å². The Balaban J connectivity index is 1.78. The van der Waals surface area contributed by atoms with Crippen LogP contribution in [0.5, 0.6) is 0 Å². The van der Waals surface area contributed by atoms with Gasteiger partial charge in [0.1, 0.15) is 5.69 Å². The van der Waals surface area contributed by atoms with Gasteiger partial charge in [-0.3, -0.25) is 10.1 Å². The van der Waals surface area contributed by atoms with Crippen molar-refractivity contribution in [2.45, 2.75) is 6.54 Å². The third-order valence-electron chi connectivity index (χ3n) is 5.50. The van der Waals surface area contributed by atoms with E-state index in [9.17, 15) is 25.3 Å². The topological polar surface area (TPSA) is 134 Å². The van der Waals surface area contributed by atoms with Gasteiger partial charge in [0.15, 0.2) is 5.13 Å². The summed E-state index contributed by atoms with van der Waals surface area (Å²) < 4.78 is 1.68. The number of carbonyl (C=O) groups is 1. The third-order valence-corrected chi connectivity index (χ3v) is 6.23. The number of thiazole rings is 1. The lowest BCUT2D eigenvalue weighted by Gasteiger charge is -2.10. The number of carboxylic acid groups (broad SMARTS) is 1. The lowest BCUT2D eigenvalue weighted by atomic mass is 10.1. The number of nitrogens with zero attached hydrogens (tertiary/aromatic N) is 4. The Bertz CT molecular complexity index is 1630. The first kappa shape index (κ1) is 21.1. The number of nitrogens with one attached hydrogen (secondary N) is 1. The summed E-state index contributed by atoms with van der Waals surface area (Å²) in [5.74, 6) is -1.10. The molecule has 0 saturated carbocycles. The Hall–Kier alpha value is -4.75. The van der Waals surface area contributed by atoms with E-state index >= 15 is 0 Å². The van der Waals surface area contributed by atoms with E-state index in [0.29, 0.717) is 17.6 Å². The Morgan fingerprint density at radius 2 is 1.91 bits per heavy atom. The number of carboxylic acids is 1. The van der Waals surface area contributed by atoms with Crippen LogP contribution in [-0.4, -0.2) is 25.6 Å². The minimum atomic E-state index is -1.10. The molecule has 2 heterocycles. The number of hydrogen-bond donors (Lipinski definition) is 2. The highest BCUT2D eigenvalue weighted by atomic mass is 32.1. The molecular weight excluding hydrogens is 454 g/mol. The number of nitro benzene ring substituents is 1. The summed E-state index contributed by atoms with van der Waals surface area (Å²) in [6.45, 7) is 0.487. The second kappa shape index (κ2) is 8.31. The van der Waals surface area contributed by atoms with Crippen LogP contribution in [0.4, 0.5) is 10.8 Å². The van der Waals surface area contributed by atoms with E-state index in [2.05, 4.69) is 10.3 Å². The maximum absolute atomic E-state index is 11.9. The highest BCUT2D eigenvalue weighted by Gasteiger charge is 2.22. The molecule has 0 unspecified atom stereocenters. The fourth-order valence-corrected chi connectivity index (χ4v) is 4.51. The Labute approximate surface area is 196 Å². The first-order valence-corrected chi connectivity index (χ1v) is 11.0. The molecule has 9 nitrogen and oxygen atoms in total. The molecule has 10 heteroatoms. The van der Waals surface area contributed by atoms with Gasteiger partial charge in [0.05, 0.1) is 33.2 Å². The molecule has 0 amide bonds. The molecule has 34 heavy (non-hydrogen) atoms. The molecule has 0 fully saturated rings. The summed E-state index contributed by atoms with van der Waals surface area (Å²) in [6, 6.07) is 16.7. The van der Waals surface area contributed by atoms with Crippen molar-refractivity contribution >= 4 is 49.9 Å². The standard InChI is InChI=1S/C24H15N5O4S/c25-12-14-2-6-19(22(9-14)29(32)33)28-20-10-15(13-27-24-26-7-8-34-24)1-4-17(20)18-5-3-16(23(30)31)11-21(18)28/h1-11H,13H2,(H,26,27)(H,30,31). The zero-order valence-electron chi connectivity index (χ0n) is 17.4. The molecule has 0 spiro atoms. The van der Waals surface area contributed by atoms with E-state index in [1.54, 1.807) is 16.8 Å². The van der Waals surface area contributed by atoms with Gasteiger partial charge >= 0.3 is 5.97 Å². The predicted octanol–water partition coefficient (Wildman–Crippen LogP) is 5.33. The number of anilines is 1. The van der Waals surface area contributed by atoms with Crippen LogP contribution in [0.3, 0.4) is 0 Å². The Morgan fingerprint density at radius 1 is 1.15 bits per heavy atom. The van der Waals surface area contributed by atoms with Crippen molar-refractivity contribution < 1.29 is 14.8 Å². The van der Waals surface area contributed by atoms with E-state index < -0.39 is 10.9 Å². The van der Waals surface area contributed by atoms with Crippen molar-refractivity contribution in [3.8, 4) is 11.8 Å². The monoisotopic (exact) mass is 469 g/mol. The van der Waals surface area contributed by atoms with Gasteiger partial charge in [-0.05, 0) is 35.9 Å². The predicted molar refractivity (Wildman–Crippen MR) is 129 cm³/mol. The van der Waals surface area contributed by atoms with Crippen LogP contribution >= 0.6 is 11.3 Å². The smallest absolute Gasteiger partial charge is 0.335 e. The lowest BCUT2D eigenvalue weighted by Crippen LogP contribution is -2.03. The number of rotatable bonds is 6. The van der Waals surface area contributed by atoms with Crippen LogP contribution in [-0.2, 0) is 6.54 Å². The van der Waals surface area contributed by atoms with E-state index in [0.717, 1.165) is 21.5 Å². The van der Waals surface area contributed by atoms with Crippen molar-refractivity contribution in [1.29, 1.82) is 5.26 Å². The lowest BCUT2D eigenvalue weighted by molar-refractivity contribution is -0.384. The molecule has 2 aromatic heterocycles. The highest BCUT2D eigenvalue weighted by Crippen LogP contribution is 2.36. The SMILES string of the molecule is N#Cc1ccc(-n2c3cc(CNc4nccs4)ccc3c3ccc(C(=O)O)cc32)c([N+](=O)[O-])c1. The molecule has 0 saturated heterocycles. The van der Waals surface area contributed by atoms with Crippen LogP contribution in [0.15, 0.2) is 66.2 Å². The minimum Gasteiger partial charge on any atom is -0.478 e. The average molecular weight is 469 g/mol. The van der Waals surface area contributed by atoms with Gasteiger partial charge in [-0.1, -0.05) is 18.2 Å². The summed E-state index contributed by atoms with van der Waals surface area (Å²) >= 11 is 1.48. The first-order valence-electron chi connectivity index (χ1n) is 10.1. The number of fused-ring (bicyclic) bond motifs is 3. The largest absolute Gasteiger partial charge is 0.478 e. The second-order valence-corrected chi connectivity index (χ2v) is 8.38. The summed E-state index contributed by atoms with van der Waals surface area (Å²) in [4.78, 5) is 27.2. The summed E-state index contributed by atoms with van der Waals surface area (Å²) in [5.41, 5.74) is 2.36. The highest BCUT2D eigenvalue weighted by molar-refractivity contribution is 7.13. The fraction of sp³-hybridized carbons (Fsp3) is 0.0417. The zero-order chi connectivity index (χ0) is 23.8. The minimum absolute atomic E-state index is 0.0681. The molecule has 0 bridgehead atoms. The van der Waals surface area contributed by atoms with Gasteiger partial charge in [0.2, 0.25) is 0 Å². The van der Waals surface area contributed by atoms with Gasteiger partial charge in [-0.2, -0.15) is 5.26 Å². The van der Waals surface area contributed by atoms with Crippen molar-refractivity contribution in [1.82, 2.24) is 9.55 Å². The molecular formula is C24H15N5O4S. The van der Waals surface area contributed by atoms with E-state index in [1.807, 2.05) is 29.6 Å². The van der Waals surface area contributed by atoms with Gasteiger partial charge in [0, 0.05) is 35.0 Å². The molecule has 2 N–H and O–H groups in total. The van der Waals surface area contributed by atoms with Crippen molar-refractivity contribution in [3.63, 3.8) is 0 Å². The maximum atomic E-state index is 11.9. The third kappa shape index (κ3) is 3.60. The van der Waals surface area contributed by atoms with Crippen LogP contribution < -0.4 is 5.32 Å². The molecule has 5 aromatic rings. The normalized spacial score (nSPS) is 10.9. The van der Waals surface area contributed by atoms with Crippen LogP contribution in [0.2, 0.25) is 0 Å². The summed E-state index contributed by atoms with van der Waals surface area (Å²) in [7, 11) is 0. The first-order chi connectivity index (χ1) is 16.5. The number of benzene rings is 3. The summed E-state index contributed by atoms with van der Waals surface area (Å²) in [5, 5.41) is 38.1. The van der Waals surface area contributed by atoms with Crippen molar-refractivity contribution in [2.24, 2.45) is 0 Å². The average Bonchev–Trinajstić information content (AvgIpc) is 3.47. The molecule has 166 valence electrons. The molecule has 0 aliphatic rings. The number of hydrogen-bond acceptors (Lipinski definition) is 7. The van der Waals surface area contributed by atoms with E-state index in [-0.39, 0.29) is 22.5 Å². The quantitative estimate of drug-likeness (QED) is 0.253. The molecule has 0 atom stereocenters. The maximum Gasteiger partial charge on any atom is 0.335 e. The molecule has 0 aliphatic heterocycles. The second-order valence-electron chi connectivity index (χ2n) is 7.49. The molecule has 0 aliphatic carbocycles.